The van der Waals surface area contributed by atoms with Crippen LogP contribution in [0.3, 0.4) is 0 Å². The summed E-state index contributed by atoms with van der Waals surface area (Å²) in [7, 11) is 0. The molecule has 1 aromatic heterocycles. The Kier molecular flexibility index (Phi) is 3.07. The molecule has 1 aliphatic heterocycles. The topological polar surface area (TPSA) is 46.5 Å². The molecule has 1 aromatic rings. The van der Waals surface area contributed by atoms with Crippen LogP contribution < -0.4 is 0 Å². The Morgan fingerprint density at radius 3 is 3.07 bits per heavy atom. The highest BCUT2D eigenvalue weighted by molar-refractivity contribution is 7.12. The molecule has 1 N–H and O–H groups in total. The Labute approximate surface area is 92.7 Å². The molecule has 2 atom stereocenters. The van der Waals surface area contributed by atoms with Gasteiger partial charge < -0.3 is 9.84 Å². The van der Waals surface area contributed by atoms with Gasteiger partial charge in [0.15, 0.2) is 0 Å². The number of aryl methyl sites for hydroxylation is 1. The second-order valence-corrected chi connectivity index (χ2v) is 4.88. The zero-order chi connectivity index (χ0) is 10.8. The normalized spacial score (nSPS) is 25.7. The number of thiophene rings is 1. The van der Waals surface area contributed by atoms with E-state index in [0.717, 1.165) is 11.3 Å². The summed E-state index contributed by atoms with van der Waals surface area (Å²) in [5, 5.41) is 9.03. The molecule has 1 fully saturated rings. The molecule has 2 heterocycles. The minimum absolute atomic E-state index is 0.229. The molecule has 15 heavy (non-hydrogen) atoms. The molecular weight excluding hydrogens is 212 g/mol. The first-order valence-electron chi connectivity index (χ1n) is 5.15. The maximum atomic E-state index is 11.0. The van der Waals surface area contributed by atoms with E-state index >= 15 is 0 Å². The summed E-state index contributed by atoms with van der Waals surface area (Å²) in [4.78, 5) is 13.3. The van der Waals surface area contributed by atoms with Gasteiger partial charge in [-0.05, 0) is 25.0 Å². The van der Waals surface area contributed by atoms with Gasteiger partial charge in [-0.3, -0.25) is 4.79 Å². The number of hydrogen-bond donors (Lipinski definition) is 1. The second kappa shape index (κ2) is 4.33. The molecule has 0 spiro atoms. The monoisotopic (exact) mass is 226 g/mol. The Hall–Kier alpha value is -0.870. The van der Waals surface area contributed by atoms with Crippen LogP contribution in [0, 0.1) is 5.92 Å². The van der Waals surface area contributed by atoms with Gasteiger partial charge in [0, 0.05) is 16.4 Å². The molecule has 2 rings (SSSR count). The van der Waals surface area contributed by atoms with Crippen molar-refractivity contribution in [1.82, 2.24) is 0 Å². The third-order valence-corrected chi connectivity index (χ3v) is 4.01. The molecule has 2 unspecified atom stereocenters. The van der Waals surface area contributed by atoms with Crippen LogP contribution in [-0.4, -0.2) is 17.7 Å². The number of carboxylic acid groups (broad SMARTS) is 1. The Morgan fingerprint density at radius 1 is 1.67 bits per heavy atom. The molecule has 1 aliphatic rings. The molecule has 0 aliphatic carbocycles. The van der Waals surface area contributed by atoms with Crippen molar-refractivity contribution in [3.05, 3.63) is 21.9 Å². The van der Waals surface area contributed by atoms with Crippen LogP contribution in [0.25, 0.3) is 0 Å². The standard InChI is InChI=1S/C11H14O3S/c1-2-7-3-4-9(15-7)10-8(11(12)13)5-6-14-10/h3-4,8,10H,2,5-6H2,1H3,(H,12,13). The van der Waals surface area contributed by atoms with Gasteiger partial charge in [0.2, 0.25) is 0 Å². The van der Waals surface area contributed by atoms with Crippen molar-refractivity contribution in [2.45, 2.75) is 25.9 Å². The van der Waals surface area contributed by atoms with Crippen molar-refractivity contribution in [3.63, 3.8) is 0 Å². The minimum Gasteiger partial charge on any atom is -0.481 e. The van der Waals surface area contributed by atoms with Gasteiger partial charge in [0.1, 0.15) is 6.10 Å². The van der Waals surface area contributed by atoms with Gasteiger partial charge in [0.05, 0.1) is 5.92 Å². The van der Waals surface area contributed by atoms with Crippen molar-refractivity contribution in [1.29, 1.82) is 0 Å². The molecule has 3 nitrogen and oxygen atoms in total. The summed E-state index contributed by atoms with van der Waals surface area (Å²) in [5.41, 5.74) is 0. The highest BCUT2D eigenvalue weighted by Gasteiger charge is 2.35. The smallest absolute Gasteiger partial charge is 0.309 e. The van der Waals surface area contributed by atoms with Crippen LogP contribution in [-0.2, 0) is 16.0 Å². The highest BCUT2D eigenvalue weighted by Crippen LogP contribution is 2.38. The van der Waals surface area contributed by atoms with Crippen LogP contribution in [0.2, 0.25) is 0 Å². The first kappa shape index (κ1) is 10.6. The lowest BCUT2D eigenvalue weighted by molar-refractivity contribution is -0.143. The van der Waals surface area contributed by atoms with Crippen molar-refractivity contribution in [3.8, 4) is 0 Å². The first-order valence-corrected chi connectivity index (χ1v) is 5.97. The zero-order valence-corrected chi connectivity index (χ0v) is 9.42. The average molecular weight is 226 g/mol. The van der Waals surface area contributed by atoms with E-state index in [4.69, 9.17) is 9.84 Å². The van der Waals surface area contributed by atoms with Gasteiger partial charge in [0.25, 0.3) is 0 Å². The molecule has 1 saturated heterocycles. The van der Waals surface area contributed by atoms with Gasteiger partial charge >= 0.3 is 5.97 Å². The van der Waals surface area contributed by atoms with E-state index in [1.165, 1.54) is 4.88 Å². The number of rotatable bonds is 3. The predicted octanol–water partition coefficient (Wildman–Crippen LogP) is 2.47. The van der Waals surface area contributed by atoms with E-state index in [2.05, 4.69) is 13.0 Å². The number of hydrogen-bond acceptors (Lipinski definition) is 3. The van der Waals surface area contributed by atoms with Gasteiger partial charge in [-0.2, -0.15) is 0 Å². The average Bonchev–Trinajstić information content (AvgIpc) is 2.85. The van der Waals surface area contributed by atoms with Crippen molar-refractivity contribution in [2.75, 3.05) is 6.61 Å². The van der Waals surface area contributed by atoms with E-state index in [1.807, 2.05) is 6.07 Å². The fourth-order valence-electron chi connectivity index (χ4n) is 1.86. The van der Waals surface area contributed by atoms with E-state index in [0.29, 0.717) is 13.0 Å². The van der Waals surface area contributed by atoms with E-state index in [-0.39, 0.29) is 12.0 Å². The van der Waals surface area contributed by atoms with Crippen LogP contribution in [0.1, 0.15) is 29.2 Å². The lowest BCUT2D eigenvalue weighted by Crippen LogP contribution is -2.16. The summed E-state index contributed by atoms with van der Waals surface area (Å²) in [6.45, 7) is 2.65. The molecule has 0 saturated carbocycles. The fourth-order valence-corrected chi connectivity index (χ4v) is 2.93. The molecule has 0 radical (unpaired) electrons. The number of aliphatic carboxylic acids is 1. The van der Waals surface area contributed by atoms with Crippen molar-refractivity contribution >= 4 is 17.3 Å². The summed E-state index contributed by atoms with van der Waals surface area (Å²) >= 11 is 1.66. The lowest BCUT2D eigenvalue weighted by Gasteiger charge is -2.12. The Balaban J connectivity index is 2.18. The first-order chi connectivity index (χ1) is 7.22. The molecule has 82 valence electrons. The minimum atomic E-state index is -0.746. The summed E-state index contributed by atoms with van der Waals surface area (Å²) < 4.78 is 5.50. The highest BCUT2D eigenvalue weighted by atomic mass is 32.1. The van der Waals surface area contributed by atoms with E-state index in [1.54, 1.807) is 11.3 Å². The third-order valence-electron chi connectivity index (χ3n) is 2.72. The van der Waals surface area contributed by atoms with Crippen LogP contribution >= 0.6 is 11.3 Å². The maximum Gasteiger partial charge on any atom is 0.309 e. The fraction of sp³-hybridized carbons (Fsp3) is 0.545. The van der Waals surface area contributed by atoms with Crippen LogP contribution in [0.5, 0.6) is 0 Å². The maximum absolute atomic E-state index is 11.0. The van der Waals surface area contributed by atoms with E-state index < -0.39 is 5.97 Å². The molecule has 4 heteroatoms. The van der Waals surface area contributed by atoms with Crippen LogP contribution in [0.4, 0.5) is 0 Å². The quantitative estimate of drug-likeness (QED) is 0.861. The predicted molar refractivity (Wildman–Crippen MR) is 58.1 cm³/mol. The third kappa shape index (κ3) is 2.06. The lowest BCUT2D eigenvalue weighted by atomic mass is 10.0. The number of carbonyl (C=O) groups is 1. The Bertz CT molecular complexity index is 358. The van der Waals surface area contributed by atoms with Gasteiger partial charge in [-0.25, -0.2) is 0 Å². The van der Waals surface area contributed by atoms with Gasteiger partial charge in [-0.15, -0.1) is 11.3 Å². The summed E-state index contributed by atoms with van der Waals surface area (Å²) in [5.74, 6) is -1.11. The summed E-state index contributed by atoms with van der Waals surface area (Å²) in [6.07, 6.45) is 1.39. The molecular formula is C11H14O3S. The molecule has 0 amide bonds. The molecule has 0 aromatic carbocycles. The van der Waals surface area contributed by atoms with Crippen molar-refractivity contribution < 1.29 is 14.6 Å². The zero-order valence-electron chi connectivity index (χ0n) is 8.60. The summed E-state index contributed by atoms with van der Waals surface area (Å²) in [6, 6.07) is 4.05. The SMILES string of the molecule is CCc1ccc(C2OCCC2C(=O)O)s1. The number of carboxylic acids is 1. The molecule has 0 bridgehead atoms. The van der Waals surface area contributed by atoms with E-state index in [9.17, 15) is 4.79 Å². The largest absolute Gasteiger partial charge is 0.481 e. The van der Waals surface area contributed by atoms with Crippen LogP contribution in [0.15, 0.2) is 12.1 Å². The Morgan fingerprint density at radius 2 is 2.47 bits per heavy atom. The number of ether oxygens (including phenoxy) is 1. The second-order valence-electron chi connectivity index (χ2n) is 3.68. The van der Waals surface area contributed by atoms with Gasteiger partial charge in [-0.1, -0.05) is 6.92 Å². The van der Waals surface area contributed by atoms with Crippen molar-refractivity contribution in [2.24, 2.45) is 5.92 Å².